The van der Waals surface area contributed by atoms with Crippen LogP contribution < -0.4 is 19.7 Å². The number of methoxy groups -OCH3 is 2. The molecular weight excluding hydrogens is 358 g/mol. The fraction of sp³-hybridized carbons (Fsp3) is 0.333. The lowest BCUT2D eigenvalue weighted by Crippen LogP contribution is -2.48. The van der Waals surface area contributed by atoms with Crippen molar-refractivity contribution in [1.82, 2.24) is 4.90 Å². The van der Waals surface area contributed by atoms with Crippen LogP contribution in [0.4, 0.5) is 11.4 Å². The normalized spacial score (nSPS) is 15.9. The quantitative estimate of drug-likeness (QED) is 0.879. The molecule has 0 aliphatic carbocycles. The maximum absolute atomic E-state index is 12.9. The summed E-state index contributed by atoms with van der Waals surface area (Å²) in [5, 5.41) is 2.86. The van der Waals surface area contributed by atoms with E-state index in [1.807, 2.05) is 17.0 Å². The fourth-order valence-corrected chi connectivity index (χ4v) is 3.73. The summed E-state index contributed by atoms with van der Waals surface area (Å²) >= 11 is 0. The minimum Gasteiger partial charge on any atom is -0.493 e. The summed E-state index contributed by atoms with van der Waals surface area (Å²) in [6.07, 6.45) is 0.431. The average molecular weight is 381 g/mol. The summed E-state index contributed by atoms with van der Waals surface area (Å²) < 4.78 is 10.5. The largest absolute Gasteiger partial charge is 0.493 e. The molecule has 2 aliphatic heterocycles. The van der Waals surface area contributed by atoms with E-state index in [0.29, 0.717) is 36.6 Å². The fourth-order valence-electron chi connectivity index (χ4n) is 3.73. The average Bonchev–Trinajstić information content (AvgIpc) is 3.12. The molecule has 0 spiro atoms. The van der Waals surface area contributed by atoms with Gasteiger partial charge in [-0.1, -0.05) is 0 Å². The van der Waals surface area contributed by atoms with Crippen molar-refractivity contribution in [2.75, 3.05) is 50.6 Å². The molecule has 7 nitrogen and oxygen atoms in total. The second kappa shape index (κ2) is 7.42. The maximum Gasteiger partial charge on any atom is 0.254 e. The van der Waals surface area contributed by atoms with Gasteiger partial charge in [-0.15, -0.1) is 0 Å². The van der Waals surface area contributed by atoms with Crippen LogP contribution in [-0.4, -0.2) is 57.1 Å². The SMILES string of the molecule is COc1ccc(C(=O)N2CCN(c3ccc4c(c3)CC(=O)N4)CC2)cc1OC. The second-order valence-electron chi connectivity index (χ2n) is 6.92. The molecule has 1 saturated heterocycles. The first-order chi connectivity index (χ1) is 13.6. The summed E-state index contributed by atoms with van der Waals surface area (Å²) in [4.78, 5) is 28.5. The van der Waals surface area contributed by atoms with Crippen molar-refractivity contribution in [3.8, 4) is 11.5 Å². The van der Waals surface area contributed by atoms with Crippen molar-refractivity contribution in [2.45, 2.75) is 6.42 Å². The van der Waals surface area contributed by atoms with Crippen molar-refractivity contribution in [1.29, 1.82) is 0 Å². The van der Waals surface area contributed by atoms with Gasteiger partial charge in [0, 0.05) is 43.1 Å². The highest BCUT2D eigenvalue weighted by Crippen LogP contribution is 2.30. The number of benzene rings is 2. The van der Waals surface area contributed by atoms with Gasteiger partial charge >= 0.3 is 0 Å². The molecule has 2 amide bonds. The number of nitrogens with zero attached hydrogens (tertiary/aromatic N) is 2. The Morgan fingerprint density at radius 1 is 0.964 bits per heavy atom. The Hall–Kier alpha value is -3.22. The topological polar surface area (TPSA) is 71.1 Å². The van der Waals surface area contributed by atoms with Gasteiger partial charge in [-0.2, -0.15) is 0 Å². The maximum atomic E-state index is 12.9. The molecule has 2 aromatic rings. The van der Waals surface area contributed by atoms with Gasteiger partial charge in [0.25, 0.3) is 5.91 Å². The van der Waals surface area contributed by atoms with E-state index in [1.165, 1.54) is 0 Å². The highest BCUT2D eigenvalue weighted by Gasteiger charge is 2.25. The van der Waals surface area contributed by atoms with Gasteiger partial charge in [0.15, 0.2) is 11.5 Å². The van der Waals surface area contributed by atoms with E-state index in [4.69, 9.17) is 9.47 Å². The standard InChI is InChI=1S/C21H23N3O4/c1-27-18-6-3-14(12-19(18)28-2)21(26)24-9-7-23(8-10-24)16-4-5-17-15(11-16)13-20(25)22-17/h3-6,11-12H,7-10,13H2,1-2H3,(H,22,25). The monoisotopic (exact) mass is 381 g/mol. The van der Waals surface area contributed by atoms with Crippen molar-refractivity contribution in [3.63, 3.8) is 0 Å². The van der Waals surface area contributed by atoms with Crippen molar-refractivity contribution >= 4 is 23.2 Å². The number of anilines is 2. The van der Waals surface area contributed by atoms with Crippen LogP contribution in [0.2, 0.25) is 0 Å². The number of piperazine rings is 1. The minimum absolute atomic E-state index is 0.00986. The van der Waals surface area contributed by atoms with Gasteiger partial charge in [-0.3, -0.25) is 9.59 Å². The molecule has 2 aromatic carbocycles. The molecule has 146 valence electrons. The Bertz CT molecular complexity index is 920. The Morgan fingerprint density at radius 2 is 1.71 bits per heavy atom. The Labute approximate surface area is 163 Å². The van der Waals surface area contributed by atoms with Crippen LogP contribution in [0.5, 0.6) is 11.5 Å². The second-order valence-corrected chi connectivity index (χ2v) is 6.92. The molecule has 7 heteroatoms. The number of hydrogen-bond acceptors (Lipinski definition) is 5. The zero-order valence-corrected chi connectivity index (χ0v) is 16.0. The van der Waals surface area contributed by atoms with Crippen molar-refractivity contribution in [2.24, 2.45) is 0 Å². The van der Waals surface area contributed by atoms with Gasteiger partial charge in [0.05, 0.1) is 20.6 Å². The molecule has 4 rings (SSSR count). The summed E-state index contributed by atoms with van der Waals surface area (Å²) in [7, 11) is 3.13. The molecule has 0 radical (unpaired) electrons. The molecule has 1 fully saturated rings. The number of ether oxygens (including phenoxy) is 2. The Morgan fingerprint density at radius 3 is 2.43 bits per heavy atom. The number of rotatable bonds is 4. The highest BCUT2D eigenvalue weighted by atomic mass is 16.5. The van der Waals surface area contributed by atoms with Gasteiger partial charge in [-0.05, 0) is 42.0 Å². The third-order valence-electron chi connectivity index (χ3n) is 5.28. The van der Waals surface area contributed by atoms with Gasteiger partial charge in [-0.25, -0.2) is 0 Å². The van der Waals surface area contributed by atoms with Crippen LogP contribution >= 0.6 is 0 Å². The van der Waals surface area contributed by atoms with E-state index >= 15 is 0 Å². The van der Waals surface area contributed by atoms with Crippen LogP contribution in [0.25, 0.3) is 0 Å². The molecule has 0 bridgehead atoms. The molecule has 28 heavy (non-hydrogen) atoms. The van der Waals surface area contributed by atoms with Crippen LogP contribution in [0.3, 0.4) is 0 Å². The van der Waals surface area contributed by atoms with Crippen molar-refractivity contribution < 1.29 is 19.1 Å². The Balaban J connectivity index is 1.42. The van der Waals surface area contributed by atoms with Crippen LogP contribution in [0, 0.1) is 0 Å². The molecule has 0 aromatic heterocycles. The van der Waals surface area contributed by atoms with E-state index in [2.05, 4.69) is 16.3 Å². The van der Waals surface area contributed by atoms with Crippen molar-refractivity contribution in [3.05, 3.63) is 47.5 Å². The van der Waals surface area contributed by atoms with E-state index in [0.717, 1.165) is 30.0 Å². The minimum atomic E-state index is -0.00986. The number of hydrogen-bond donors (Lipinski definition) is 1. The third-order valence-corrected chi connectivity index (χ3v) is 5.28. The molecule has 0 atom stereocenters. The Kier molecular flexibility index (Phi) is 4.81. The number of amides is 2. The molecule has 1 N–H and O–H groups in total. The lowest BCUT2D eigenvalue weighted by molar-refractivity contribution is -0.115. The van der Waals surface area contributed by atoms with Gasteiger partial charge in [0.2, 0.25) is 5.91 Å². The summed E-state index contributed by atoms with van der Waals surface area (Å²) in [5.41, 5.74) is 3.61. The summed E-state index contributed by atoms with van der Waals surface area (Å²) in [6, 6.07) is 11.3. The van der Waals surface area contributed by atoms with Gasteiger partial charge in [0.1, 0.15) is 0 Å². The van der Waals surface area contributed by atoms with E-state index in [-0.39, 0.29) is 11.8 Å². The van der Waals surface area contributed by atoms with Crippen LogP contribution in [0.15, 0.2) is 36.4 Å². The molecule has 2 aliphatic rings. The smallest absolute Gasteiger partial charge is 0.254 e. The first-order valence-electron chi connectivity index (χ1n) is 9.28. The number of nitrogens with one attached hydrogen (secondary N) is 1. The molecular formula is C21H23N3O4. The molecule has 2 heterocycles. The predicted molar refractivity (Wildman–Crippen MR) is 106 cm³/mol. The predicted octanol–water partition coefficient (Wildman–Crippen LogP) is 2.16. The first-order valence-corrected chi connectivity index (χ1v) is 9.28. The number of carbonyl (C=O) groups excluding carboxylic acids is 2. The lowest BCUT2D eigenvalue weighted by Gasteiger charge is -2.36. The highest BCUT2D eigenvalue weighted by molar-refractivity contribution is 5.99. The van der Waals surface area contributed by atoms with E-state index in [9.17, 15) is 9.59 Å². The molecule has 0 unspecified atom stereocenters. The number of carbonyl (C=O) groups is 2. The van der Waals surface area contributed by atoms with Crippen LogP contribution in [0.1, 0.15) is 15.9 Å². The first kappa shape index (κ1) is 18.2. The molecule has 0 saturated carbocycles. The van der Waals surface area contributed by atoms with Gasteiger partial charge < -0.3 is 24.6 Å². The third kappa shape index (κ3) is 3.35. The summed E-state index contributed by atoms with van der Waals surface area (Å²) in [5.74, 6) is 1.18. The lowest BCUT2D eigenvalue weighted by atomic mass is 10.1. The van der Waals surface area contributed by atoms with Crippen LogP contribution in [-0.2, 0) is 11.2 Å². The van der Waals surface area contributed by atoms with E-state index in [1.54, 1.807) is 32.4 Å². The zero-order valence-electron chi connectivity index (χ0n) is 16.0. The number of fused-ring (bicyclic) bond motifs is 1. The summed E-state index contributed by atoms with van der Waals surface area (Å²) in [6.45, 7) is 2.78. The zero-order chi connectivity index (χ0) is 19.7. The van der Waals surface area contributed by atoms with E-state index < -0.39 is 0 Å².